The number of benzene rings is 1. The predicted octanol–water partition coefficient (Wildman–Crippen LogP) is 2.70. The van der Waals surface area contributed by atoms with Crippen LogP contribution in [-0.2, 0) is 11.3 Å². The molecule has 0 atom stereocenters. The Morgan fingerprint density at radius 2 is 2.00 bits per heavy atom. The normalized spacial score (nSPS) is 16.2. The molecule has 5 rings (SSSR count). The Morgan fingerprint density at radius 3 is 2.66 bits per heavy atom. The molecule has 3 aromatic rings. The molecular weight excluding hydrogens is 448 g/mol. The zero-order valence-electron chi connectivity index (χ0n) is 20.1. The molecule has 0 spiro atoms. The first kappa shape index (κ1) is 23.1. The highest BCUT2D eigenvalue weighted by Gasteiger charge is 2.23. The highest BCUT2D eigenvalue weighted by molar-refractivity contribution is 5.99. The second-order valence-corrected chi connectivity index (χ2v) is 8.97. The maximum absolute atomic E-state index is 13.4. The average Bonchev–Trinajstić information content (AvgIpc) is 3.15. The van der Waals surface area contributed by atoms with Gasteiger partial charge in [-0.3, -0.25) is 10.2 Å². The number of hydrogen-bond donors (Lipinski definition) is 1. The van der Waals surface area contributed by atoms with E-state index in [1.165, 1.54) is 9.20 Å². The summed E-state index contributed by atoms with van der Waals surface area (Å²) in [6, 6.07) is 7.16. The van der Waals surface area contributed by atoms with Gasteiger partial charge in [-0.25, -0.2) is 4.68 Å². The fraction of sp³-hybridized carbons (Fsp3) is 0.440. The molecule has 0 amide bonds. The zero-order chi connectivity index (χ0) is 24.5. The molecule has 35 heavy (non-hydrogen) atoms. The van der Waals surface area contributed by atoms with E-state index in [4.69, 9.17) is 19.6 Å². The molecule has 184 valence electrons. The Balaban J connectivity index is 1.45. The summed E-state index contributed by atoms with van der Waals surface area (Å²) in [6.07, 6.45) is 3.39. The number of fused-ring (bicyclic) bond motifs is 1. The number of aromatic nitrogens is 4. The van der Waals surface area contributed by atoms with Gasteiger partial charge in [-0.1, -0.05) is 6.58 Å². The zero-order valence-corrected chi connectivity index (χ0v) is 20.1. The van der Waals surface area contributed by atoms with Gasteiger partial charge in [-0.2, -0.15) is 4.52 Å². The summed E-state index contributed by atoms with van der Waals surface area (Å²) in [4.78, 5) is 15.6. The van der Waals surface area contributed by atoms with Gasteiger partial charge in [0.25, 0.3) is 0 Å². The molecule has 2 aromatic heterocycles. The molecule has 1 aliphatic heterocycles. The SMILES string of the molecule is C=C(C)c1cc(C(=O)Cn2nc3ccc(OC4CCC4)nn3c2=N)cc(N2CCOCC2)c1OC. The molecule has 1 saturated heterocycles. The molecule has 2 aliphatic rings. The summed E-state index contributed by atoms with van der Waals surface area (Å²) in [5.41, 5.74) is 3.42. The number of ether oxygens (including phenoxy) is 3. The molecule has 10 heteroatoms. The highest BCUT2D eigenvalue weighted by Crippen LogP contribution is 2.37. The van der Waals surface area contributed by atoms with Gasteiger partial charge in [0.15, 0.2) is 11.4 Å². The second-order valence-electron chi connectivity index (χ2n) is 8.97. The van der Waals surface area contributed by atoms with Crippen molar-refractivity contribution in [3.05, 3.63) is 47.6 Å². The van der Waals surface area contributed by atoms with Gasteiger partial charge in [-0.05, 0) is 50.0 Å². The molecule has 1 N–H and O–H groups in total. The van der Waals surface area contributed by atoms with Crippen LogP contribution in [0.3, 0.4) is 0 Å². The molecule has 10 nitrogen and oxygen atoms in total. The van der Waals surface area contributed by atoms with Gasteiger partial charge in [0.05, 0.1) is 26.0 Å². The molecule has 2 fully saturated rings. The average molecular weight is 479 g/mol. The van der Waals surface area contributed by atoms with E-state index in [1.807, 2.05) is 13.0 Å². The monoisotopic (exact) mass is 478 g/mol. The van der Waals surface area contributed by atoms with Crippen molar-refractivity contribution < 1.29 is 19.0 Å². The second kappa shape index (κ2) is 9.53. The van der Waals surface area contributed by atoms with Gasteiger partial charge in [0.1, 0.15) is 18.4 Å². The van der Waals surface area contributed by atoms with Gasteiger partial charge >= 0.3 is 0 Å². The third kappa shape index (κ3) is 4.53. The van der Waals surface area contributed by atoms with E-state index in [0.717, 1.165) is 36.1 Å². The van der Waals surface area contributed by atoms with Crippen molar-refractivity contribution >= 4 is 22.7 Å². The van der Waals surface area contributed by atoms with Crippen molar-refractivity contribution in [3.63, 3.8) is 0 Å². The van der Waals surface area contributed by atoms with Gasteiger partial charge in [-0.15, -0.1) is 10.2 Å². The summed E-state index contributed by atoms with van der Waals surface area (Å²) >= 11 is 0. The van der Waals surface area contributed by atoms with Crippen molar-refractivity contribution in [3.8, 4) is 11.6 Å². The number of allylic oxidation sites excluding steroid dienone is 1. The van der Waals surface area contributed by atoms with E-state index < -0.39 is 0 Å². The van der Waals surface area contributed by atoms with Crippen LogP contribution in [0.5, 0.6) is 11.6 Å². The summed E-state index contributed by atoms with van der Waals surface area (Å²) in [6.45, 7) is 8.52. The number of rotatable bonds is 8. The molecule has 0 unspecified atom stereocenters. The molecule has 1 aliphatic carbocycles. The minimum absolute atomic E-state index is 0.00875. The molecule has 0 bridgehead atoms. The van der Waals surface area contributed by atoms with Crippen LogP contribution in [-0.4, -0.2) is 64.7 Å². The number of carbonyl (C=O) groups is 1. The van der Waals surface area contributed by atoms with E-state index in [-0.39, 0.29) is 24.1 Å². The fourth-order valence-electron chi connectivity index (χ4n) is 4.32. The number of nitrogens with zero attached hydrogens (tertiary/aromatic N) is 5. The lowest BCUT2D eigenvalue weighted by atomic mass is 9.96. The molecule has 1 saturated carbocycles. The smallest absolute Gasteiger partial charge is 0.242 e. The summed E-state index contributed by atoms with van der Waals surface area (Å²) < 4.78 is 19.8. The number of methoxy groups -OCH3 is 1. The molecule has 0 radical (unpaired) electrons. The van der Waals surface area contributed by atoms with Gasteiger partial charge in [0, 0.05) is 30.3 Å². The maximum atomic E-state index is 13.4. The Labute approximate surface area is 203 Å². The van der Waals surface area contributed by atoms with E-state index in [1.54, 1.807) is 25.3 Å². The van der Waals surface area contributed by atoms with Crippen molar-refractivity contribution in [2.24, 2.45) is 0 Å². The van der Waals surface area contributed by atoms with Crippen molar-refractivity contribution in [2.75, 3.05) is 38.3 Å². The van der Waals surface area contributed by atoms with Crippen molar-refractivity contribution in [1.82, 2.24) is 19.4 Å². The minimum Gasteiger partial charge on any atom is -0.494 e. The number of hydrogen-bond acceptors (Lipinski definition) is 8. The van der Waals surface area contributed by atoms with Gasteiger partial charge in [0.2, 0.25) is 11.5 Å². The third-order valence-corrected chi connectivity index (χ3v) is 6.50. The first-order valence-electron chi connectivity index (χ1n) is 11.9. The van der Waals surface area contributed by atoms with E-state index in [0.29, 0.717) is 49.1 Å². The Hall–Kier alpha value is -3.66. The first-order valence-corrected chi connectivity index (χ1v) is 11.9. The third-order valence-electron chi connectivity index (χ3n) is 6.50. The summed E-state index contributed by atoms with van der Waals surface area (Å²) in [7, 11) is 1.63. The molecule has 1 aromatic carbocycles. The number of anilines is 1. The molecule has 3 heterocycles. The Morgan fingerprint density at radius 1 is 1.23 bits per heavy atom. The largest absolute Gasteiger partial charge is 0.494 e. The van der Waals surface area contributed by atoms with Crippen LogP contribution in [0.4, 0.5) is 5.69 Å². The van der Waals surface area contributed by atoms with Crippen LogP contribution in [0.15, 0.2) is 30.8 Å². The lowest BCUT2D eigenvalue weighted by Gasteiger charge is -2.31. The first-order chi connectivity index (χ1) is 16.9. The number of Topliss-reactive ketones (excluding diaryl/α,β-unsaturated/α-hetero) is 1. The lowest BCUT2D eigenvalue weighted by molar-refractivity contribution is 0.0965. The van der Waals surface area contributed by atoms with Crippen LogP contribution in [0, 0.1) is 5.41 Å². The minimum atomic E-state index is -0.169. The predicted molar refractivity (Wildman–Crippen MR) is 130 cm³/mol. The van der Waals surface area contributed by atoms with Crippen LogP contribution in [0.25, 0.3) is 11.2 Å². The maximum Gasteiger partial charge on any atom is 0.242 e. The van der Waals surface area contributed by atoms with E-state index >= 15 is 0 Å². The lowest BCUT2D eigenvalue weighted by Crippen LogP contribution is -2.36. The quantitative estimate of drug-likeness (QED) is 0.496. The van der Waals surface area contributed by atoms with Crippen LogP contribution < -0.4 is 20.0 Å². The van der Waals surface area contributed by atoms with Crippen LogP contribution in [0.1, 0.15) is 42.1 Å². The number of ketones is 1. The van der Waals surface area contributed by atoms with Crippen LogP contribution >= 0.6 is 0 Å². The van der Waals surface area contributed by atoms with Crippen molar-refractivity contribution in [2.45, 2.75) is 38.8 Å². The van der Waals surface area contributed by atoms with Crippen LogP contribution in [0.2, 0.25) is 0 Å². The highest BCUT2D eigenvalue weighted by atomic mass is 16.5. The Kier molecular flexibility index (Phi) is 6.29. The van der Waals surface area contributed by atoms with E-state index in [2.05, 4.69) is 21.7 Å². The van der Waals surface area contributed by atoms with Crippen molar-refractivity contribution in [1.29, 1.82) is 5.41 Å². The topological polar surface area (TPSA) is 107 Å². The van der Waals surface area contributed by atoms with E-state index in [9.17, 15) is 4.79 Å². The van der Waals surface area contributed by atoms with Gasteiger partial charge < -0.3 is 19.1 Å². The molecular formula is C25H30N6O4. The number of carbonyl (C=O) groups excluding carboxylic acids is 1. The summed E-state index contributed by atoms with van der Waals surface area (Å²) in [5.74, 6) is 0.987. The Bertz CT molecular complexity index is 1330. The number of morpholine rings is 1. The fourth-order valence-corrected chi connectivity index (χ4v) is 4.32. The summed E-state index contributed by atoms with van der Waals surface area (Å²) in [5, 5.41) is 17.3. The number of nitrogens with one attached hydrogen (secondary N) is 1. The standard InChI is InChI=1S/C25H30N6O4/c1-16(2)19-13-17(14-20(24(19)33-3)29-9-11-34-12-10-29)21(32)15-30-25(26)31-22(27-30)7-8-23(28-31)35-18-5-4-6-18/h7-8,13-14,18,26H,1,4-6,9-12,15H2,2-3H3.